The molecule has 2 rings (SSSR count). The van der Waals surface area contributed by atoms with Gasteiger partial charge in [-0.2, -0.15) is 4.31 Å². The number of nitrogens with zero attached hydrogens (tertiary/aromatic N) is 2. The van der Waals surface area contributed by atoms with Crippen molar-refractivity contribution in [3.05, 3.63) is 35.6 Å². The van der Waals surface area contributed by atoms with Crippen LogP contribution in [-0.2, 0) is 14.8 Å². The second kappa shape index (κ2) is 7.83. The van der Waals surface area contributed by atoms with E-state index in [1.54, 1.807) is 17.0 Å². The summed E-state index contributed by atoms with van der Waals surface area (Å²) in [5, 5.41) is 0. The normalized spacial score (nSPS) is 20.4. The summed E-state index contributed by atoms with van der Waals surface area (Å²) >= 11 is 0. The average molecular weight is 370 g/mol. The van der Waals surface area contributed by atoms with Crippen LogP contribution in [0.1, 0.15) is 39.2 Å². The predicted molar refractivity (Wildman–Crippen MR) is 96.2 cm³/mol. The van der Waals surface area contributed by atoms with Gasteiger partial charge >= 0.3 is 0 Å². The molecule has 5 nitrogen and oxygen atoms in total. The van der Waals surface area contributed by atoms with Gasteiger partial charge in [0.25, 0.3) is 0 Å². The molecule has 0 spiro atoms. The van der Waals surface area contributed by atoms with Gasteiger partial charge in [-0.15, -0.1) is 0 Å². The third kappa shape index (κ3) is 5.01. The molecule has 1 aromatic rings. The van der Waals surface area contributed by atoms with Gasteiger partial charge in [0.05, 0.1) is 12.3 Å². The van der Waals surface area contributed by atoms with E-state index in [0.717, 1.165) is 5.56 Å². The van der Waals surface area contributed by atoms with Crippen LogP contribution in [0.2, 0.25) is 0 Å². The number of sulfonamides is 1. The van der Waals surface area contributed by atoms with E-state index >= 15 is 0 Å². The zero-order chi connectivity index (χ0) is 18.8. The number of carbonyl (C=O) groups excluding carboxylic acids is 1. The molecule has 1 fully saturated rings. The van der Waals surface area contributed by atoms with Crippen LogP contribution in [0.4, 0.5) is 4.39 Å². The molecule has 1 unspecified atom stereocenters. The van der Waals surface area contributed by atoms with E-state index in [4.69, 9.17) is 0 Å². The van der Waals surface area contributed by atoms with Crippen molar-refractivity contribution in [2.24, 2.45) is 5.92 Å². The standard InChI is InChI=1S/C18H27FN2O3S/c1-13(2)9-21(14(3)4)18(22)11-20-10-16(12-25(20,23)24)15-5-7-17(19)8-6-15/h5-8,13-14,16H,9-12H2,1-4H3. The highest BCUT2D eigenvalue weighted by molar-refractivity contribution is 7.89. The van der Waals surface area contributed by atoms with Crippen molar-refractivity contribution in [2.75, 3.05) is 25.4 Å². The van der Waals surface area contributed by atoms with Crippen LogP contribution in [0, 0.1) is 11.7 Å². The third-order valence-corrected chi connectivity index (χ3v) is 6.28. The Balaban J connectivity index is 2.10. The van der Waals surface area contributed by atoms with E-state index < -0.39 is 10.0 Å². The van der Waals surface area contributed by atoms with E-state index in [1.807, 2.05) is 27.7 Å². The fourth-order valence-electron chi connectivity index (χ4n) is 3.11. The van der Waals surface area contributed by atoms with E-state index in [9.17, 15) is 17.6 Å². The molecule has 0 saturated carbocycles. The molecule has 7 heteroatoms. The first-order valence-corrected chi connectivity index (χ1v) is 10.2. The molecule has 25 heavy (non-hydrogen) atoms. The molecular weight excluding hydrogens is 343 g/mol. The summed E-state index contributed by atoms with van der Waals surface area (Å²) in [5.41, 5.74) is 0.780. The van der Waals surface area contributed by atoms with Crippen LogP contribution in [0.25, 0.3) is 0 Å². The van der Waals surface area contributed by atoms with Gasteiger partial charge in [-0.25, -0.2) is 12.8 Å². The highest BCUT2D eigenvalue weighted by Gasteiger charge is 2.38. The fourth-order valence-corrected chi connectivity index (χ4v) is 4.84. The van der Waals surface area contributed by atoms with Crippen LogP contribution in [0.15, 0.2) is 24.3 Å². The van der Waals surface area contributed by atoms with Crippen molar-refractivity contribution >= 4 is 15.9 Å². The molecule has 1 aliphatic rings. The molecule has 1 aliphatic heterocycles. The van der Waals surface area contributed by atoms with Gasteiger partial charge in [0, 0.05) is 25.0 Å². The van der Waals surface area contributed by atoms with Crippen LogP contribution in [0.5, 0.6) is 0 Å². The number of amides is 1. The zero-order valence-electron chi connectivity index (χ0n) is 15.3. The lowest BCUT2D eigenvalue weighted by atomic mass is 10.0. The Morgan fingerprint density at radius 1 is 1.24 bits per heavy atom. The molecule has 1 heterocycles. The highest BCUT2D eigenvalue weighted by atomic mass is 32.2. The molecule has 140 valence electrons. The summed E-state index contributed by atoms with van der Waals surface area (Å²) in [6, 6.07) is 5.91. The summed E-state index contributed by atoms with van der Waals surface area (Å²) in [5.74, 6) is -0.493. The Hall–Kier alpha value is -1.47. The van der Waals surface area contributed by atoms with Crippen LogP contribution >= 0.6 is 0 Å². The smallest absolute Gasteiger partial charge is 0.238 e. The maximum Gasteiger partial charge on any atom is 0.238 e. The fraction of sp³-hybridized carbons (Fsp3) is 0.611. The zero-order valence-corrected chi connectivity index (χ0v) is 16.1. The van der Waals surface area contributed by atoms with Gasteiger partial charge in [-0.3, -0.25) is 4.79 Å². The van der Waals surface area contributed by atoms with Crippen molar-refractivity contribution in [1.29, 1.82) is 0 Å². The quantitative estimate of drug-likeness (QED) is 0.773. The largest absolute Gasteiger partial charge is 0.339 e. The number of hydrogen-bond donors (Lipinski definition) is 0. The van der Waals surface area contributed by atoms with Gasteiger partial charge < -0.3 is 4.90 Å². The molecule has 0 bridgehead atoms. The Kier molecular flexibility index (Phi) is 6.21. The number of hydrogen-bond acceptors (Lipinski definition) is 3. The number of carbonyl (C=O) groups is 1. The summed E-state index contributed by atoms with van der Waals surface area (Å²) in [6.07, 6.45) is 0. The first-order valence-electron chi connectivity index (χ1n) is 8.63. The predicted octanol–water partition coefficient (Wildman–Crippen LogP) is 2.45. The summed E-state index contributed by atoms with van der Waals surface area (Å²) in [7, 11) is -3.49. The lowest BCUT2D eigenvalue weighted by molar-refractivity contribution is -0.133. The van der Waals surface area contributed by atoms with Crippen molar-refractivity contribution in [2.45, 2.75) is 39.7 Å². The van der Waals surface area contributed by atoms with Crippen molar-refractivity contribution < 1.29 is 17.6 Å². The number of halogens is 1. The molecule has 1 saturated heterocycles. The van der Waals surface area contributed by atoms with Crippen molar-refractivity contribution in [1.82, 2.24) is 9.21 Å². The monoisotopic (exact) mass is 370 g/mol. The molecular formula is C18H27FN2O3S. The van der Waals surface area contributed by atoms with E-state index in [2.05, 4.69) is 0 Å². The second-order valence-electron chi connectivity index (χ2n) is 7.35. The minimum atomic E-state index is -3.49. The second-order valence-corrected chi connectivity index (χ2v) is 9.37. The van der Waals surface area contributed by atoms with Crippen LogP contribution < -0.4 is 0 Å². The number of benzene rings is 1. The molecule has 1 aromatic carbocycles. The molecule has 0 aromatic heterocycles. The minimum absolute atomic E-state index is 0.0214. The van der Waals surface area contributed by atoms with E-state index in [-0.39, 0.29) is 42.5 Å². The van der Waals surface area contributed by atoms with Gasteiger partial charge in [0.1, 0.15) is 5.82 Å². The molecule has 0 aliphatic carbocycles. The Bertz CT molecular complexity index is 702. The van der Waals surface area contributed by atoms with E-state index in [1.165, 1.54) is 16.4 Å². The van der Waals surface area contributed by atoms with Gasteiger partial charge in [-0.05, 0) is 37.5 Å². The summed E-state index contributed by atoms with van der Waals surface area (Å²) in [4.78, 5) is 14.3. The minimum Gasteiger partial charge on any atom is -0.339 e. The topological polar surface area (TPSA) is 57.7 Å². The van der Waals surface area contributed by atoms with Gasteiger partial charge in [0.15, 0.2) is 0 Å². The van der Waals surface area contributed by atoms with Crippen molar-refractivity contribution in [3.63, 3.8) is 0 Å². The molecule has 1 amide bonds. The molecule has 1 atom stereocenters. The highest BCUT2D eigenvalue weighted by Crippen LogP contribution is 2.28. The molecule has 0 radical (unpaired) electrons. The summed E-state index contributed by atoms with van der Waals surface area (Å²) < 4.78 is 39.2. The Labute approximate surface area is 149 Å². The third-order valence-electron chi connectivity index (χ3n) is 4.39. The van der Waals surface area contributed by atoms with Crippen LogP contribution in [0.3, 0.4) is 0 Å². The Morgan fingerprint density at radius 3 is 2.36 bits per heavy atom. The van der Waals surface area contributed by atoms with Gasteiger partial charge in [0.2, 0.25) is 15.9 Å². The van der Waals surface area contributed by atoms with Gasteiger partial charge in [-0.1, -0.05) is 26.0 Å². The number of rotatable bonds is 6. The average Bonchev–Trinajstić information content (AvgIpc) is 2.80. The lowest BCUT2D eigenvalue weighted by Gasteiger charge is -2.30. The molecule has 0 N–H and O–H groups in total. The maximum atomic E-state index is 13.1. The first-order chi connectivity index (χ1) is 11.6. The lowest BCUT2D eigenvalue weighted by Crippen LogP contribution is -2.45. The van der Waals surface area contributed by atoms with Crippen LogP contribution in [-0.4, -0.2) is 55.0 Å². The first kappa shape index (κ1) is 19.8. The van der Waals surface area contributed by atoms with Crippen molar-refractivity contribution in [3.8, 4) is 0 Å². The summed E-state index contributed by atoms with van der Waals surface area (Å²) in [6.45, 7) is 8.64. The SMILES string of the molecule is CC(C)CN(C(=O)CN1CC(c2ccc(F)cc2)CS1(=O)=O)C(C)C. The van der Waals surface area contributed by atoms with E-state index in [0.29, 0.717) is 12.5 Å². The Morgan fingerprint density at radius 2 is 1.84 bits per heavy atom. The maximum absolute atomic E-state index is 13.1.